The van der Waals surface area contributed by atoms with Gasteiger partial charge in [0.25, 0.3) is 5.69 Å². The number of non-ortho nitro benzene ring substituents is 1. The number of carbonyl (C=O) groups excluding carboxylic acids is 1. The summed E-state index contributed by atoms with van der Waals surface area (Å²) in [5, 5.41) is 10.8. The molecule has 2 aromatic rings. The molecule has 0 aromatic heterocycles. The number of ether oxygens (including phenoxy) is 1. The number of benzene rings is 2. The molecule has 0 amide bonds. The molecular weight excluding hydrogens is 289 g/mol. The van der Waals surface area contributed by atoms with Gasteiger partial charge in [0.05, 0.1) is 17.6 Å². The predicted octanol–water partition coefficient (Wildman–Crippen LogP) is 3.69. The molecule has 0 aliphatic rings. The minimum absolute atomic E-state index is 0.0926. The molecule has 0 atom stereocenters. The summed E-state index contributed by atoms with van der Waals surface area (Å²) in [4.78, 5) is 21.9. The van der Waals surface area contributed by atoms with Crippen LogP contribution in [0.15, 0.2) is 42.5 Å². The van der Waals surface area contributed by atoms with Crippen LogP contribution in [0.25, 0.3) is 12.2 Å². The minimum atomic E-state index is -0.664. The predicted molar refractivity (Wildman–Crippen MR) is 79.8 cm³/mol. The molecule has 0 aliphatic heterocycles. The lowest BCUT2D eigenvalue weighted by Crippen LogP contribution is -2.04. The lowest BCUT2D eigenvalue weighted by atomic mass is 10.0. The topological polar surface area (TPSA) is 69.4 Å². The first-order chi connectivity index (χ1) is 10.5. The molecule has 6 heteroatoms. The highest BCUT2D eigenvalue weighted by molar-refractivity contribution is 5.95. The van der Waals surface area contributed by atoms with Crippen molar-refractivity contribution in [3.05, 3.63) is 75.1 Å². The number of nitro benzene ring substituents is 1. The van der Waals surface area contributed by atoms with Gasteiger partial charge in [-0.05, 0) is 29.3 Å². The van der Waals surface area contributed by atoms with Crippen LogP contribution >= 0.6 is 0 Å². The van der Waals surface area contributed by atoms with Crippen LogP contribution in [0.5, 0.6) is 0 Å². The number of rotatable bonds is 4. The maximum absolute atomic E-state index is 12.8. The Labute approximate surface area is 125 Å². The third kappa shape index (κ3) is 3.54. The Bertz CT molecular complexity index is 738. The van der Waals surface area contributed by atoms with E-state index in [4.69, 9.17) is 0 Å². The molecule has 0 heterocycles. The van der Waals surface area contributed by atoms with E-state index in [1.54, 1.807) is 24.3 Å². The number of halogens is 1. The van der Waals surface area contributed by atoms with Crippen molar-refractivity contribution in [3.8, 4) is 0 Å². The first kappa shape index (κ1) is 15.4. The molecule has 0 spiro atoms. The second-order valence-corrected chi connectivity index (χ2v) is 4.41. The Hall–Kier alpha value is -3.02. The van der Waals surface area contributed by atoms with Crippen molar-refractivity contribution in [1.82, 2.24) is 0 Å². The monoisotopic (exact) mass is 301 g/mol. The molecule has 0 N–H and O–H groups in total. The molecule has 0 fully saturated rings. The van der Waals surface area contributed by atoms with Gasteiger partial charge in [0.2, 0.25) is 0 Å². The zero-order chi connectivity index (χ0) is 16.1. The first-order valence-electron chi connectivity index (χ1n) is 6.31. The van der Waals surface area contributed by atoms with E-state index in [0.29, 0.717) is 5.56 Å². The molecular formula is C16H12FNO4. The van der Waals surface area contributed by atoms with Gasteiger partial charge < -0.3 is 4.74 Å². The summed E-state index contributed by atoms with van der Waals surface area (Å²) in [6.07, 6.45) is 3.29. The SMILES string of the molecule is COC(=O)c1cc([N+](=O)[O-])ccc1C=Cc1ccc(F)cc1. The van der Waals surface area contributed by atoms with Crippen LogP contribution in [0.3, 0.4) is 0 Å². The maximum Gasteiger partial charge on any atom is 0.338 e. The average molecular weight is 301 g/mol. The maximum atomic E-state index is 12.8. The third-order valence-corrected chi connectivity index (χ3v) is 2.98. The molecule has 0 saturated carbocycles. The standard InChI is InChI=1S/C16H12FNO4/c1-22-16(19)15-10-14(18(20)21)9-6-12(15)5-2-11-3-7-13(17)8-4-11/h2-10H,1H3. The molecule has 2 rings (SSSR count). The van der Waals surface area contributed by atoms with Gasteiger partial charge in [0.1, 0.15) is 5.82 Å². The molecule has 0 bridgehead atoms. The first-order valence-corrected chi connectivity index (χ1v) is 6.31. The van der Waals surface area contributed by atoms with Crippen molar-refractivity contribution in [2.24, 2.45) is 0 Å². The third-order valence-electron chi connectivity index (χ3n) is 2.98. The summed E-state index contributed by atoms with van der Waals surface area (Å²) in [6.45, 7) is 0. The fourth-order valence-corrected chi connectivity index (χ4v) is 1.85. The minimum Gasteiger partial charge on any atom is -0.465 e. The van der Waals surface area contributed by atoms with Crippen LogP contribution in [0, 0.1) is 15.9 Å². The van der Waals surface area contributed by atoms with Crippen LogP contribution < -0.4 is 0 Å². The number of nitrogens with zero attached hydrogens (tertiary/aromatic N) is 1. The van der Waals surface area contributed by atoms with Crippen LogP contribution in [-0.2, 0) is 4.74 Å². The van der Waals surface area contributed by atoms with Gasteiger partial charge in [-0.2, -0.15) is 0 Å². The molecule has 22 heavy (non-hydrogen) atoms. The highest BCUT2D eigenvalue weighted by Crippen LogP contribution is 2.21. The van der Waals surface area contributed by atoms with Gasteiger partial charge in [-0.15, -0.1) is 0 Å². The molecule has 112 valence electrons. The van der Waals surface area contributed by atoms with Crippen molar-refractivity contribution >= 4 is 23.8 Å². The zero-order valence-corrected chi connectivity index (χ0v) is 11.7. The summed E-state index contributed by atoms with van der Waals surface area (Å²) in [6, 6.07) is 9.72. The van der Waals surface area contributed by atoms with Gasteiger partial charge in [0.15, 0.2) is 0 Å². The molecule has 2 aromatic carbocycles. The number of nitro groups is 1. The molecule has 0 radical (unpaired) electrons. The van der Waals surface area contributed by atoms with E-state index in [-0.39, 0.29) is 17.1 Å². The van der Waals surface area contributed by atoms with Crippen molar-refractivity contribution in [2.45, 2.75) is 0 Å². The van der Waals surface area contributed by atoms with Crippen LogP contribution in [0.4, 0.5) is 10.1 Å². The van der Waals surface area contributed by atoms with E-state index in [1.807, 2.05) is 0 Å². The van der Waals surface area contributed by atoms with E-state index in [0.717, 1.165) is 11.6 Å². The Morgan fingerprint density at radius 3 is 2.45 bits per heavy atom. The van der Waals surface area contributed by atoms with Gasteiger partial charge in [-0.25, -0.2) is 9.18 Å². The Morgan fingerprint density at radius 1 is 1.18 bits per heavy atom. The van der Waals surface area contributed by atoms with Gasteiger partial charge in [-0.3, -0.25) is 10.1 Å². The summed E-state index contributed by atoms with van der Waals surface area (Å²) in [5.74, 6) is -1.01. The number of hydrogen-bond acceptors (Lipinski definition) is 4. The van der Waals surface area contributed by atoms with E-state index in [1.165, 1.54) is 31.4 Å². The number of carbonyl (C=O) groups is 1. The molecule has 0 unspecified atom stereocenters. The van der Waals surface area contributed by atoms with Crippen molar-refractivity contribution in [2.75, 3.05) is 7.11 Å². The average Bonchev–Trinajstić information content (AvgIpc) is 2.53. The number of methoxy groups -OCH3 is 1. The fraction of sp³-hybridized carbons (Fsp3) is 0.0625. The zero-order valence-electron chi connectivity index (χ0n) is 11.7. The Balaban J connectivity index is 2.39. The largest absolute Gasteiger partial charge is 0.465 e. The smallest absolute Gasteiger partial charge is 0.338 e. The van der Waals surface area contributed by atoms with Crippen LogP contribution in [0.1, 0.15) is 21.5 Å². The van der Waals surface area contributed by atoms with E-state index >= 15 is 0 Å². The summed E-state index contributed by atoms with van der Waals surface area (Å²) in [7, 11) is 1.20. The molecule has 5 nitrogen and oxygen atoms in total. The van der Waals surface area contributed by atoms with E-state index in [9.17, 15) is 19.3 Å². The van der Waals surface area contributed by atoms with E-state index in [2.05, 4.69) is 4.74 Å². The summed E-state index contributed by atoms with van der Waals surface area (Å²) >= 11 is 0. The lowest BCUT2D eigenvalue weighted by Gasteiger charge is -2.04. The van der Waals surface area contributed by atoms with Gasteiger partial charge in [-0.1, -0.05) is 24.3 Å². The van der Waals surface area contributed by atoms with Crippen LogP contribution in [0.2, 0.25) is 0 Å². The van der Waals surface area contributed by atoms with Crippen molar-refractivity contribution in [1.29, 1.82) is 0 Å². The summed E-state index contributed by atoms with van der Waals surface area (Å²) in [5.41, 5.74) is 1.10. The summed E-state index contributed by atoms with van der Waals surface area (Å²) < 4.78 is 17.5. The van der Waals surface area contributed by atoms with E-state index < -0.39 is 10.9 Å². The second kappa shape index (κ2) is 6.62. The normalized spacial score (nSPS) is 10.6. The Kier molecular flexibility index (Phi) is 4.63. The van der Waals surface area contributed by atoms with Crippen molar-refractivity contribution < 1.29 is 18.8 Å². The number of hydrogen-bond donors (Lipinski definition) is 0. The van der Waals surface area contributed by atoms with Gasteiger partial charge in [0, 0.05) is 12.1 Å². The second-order valence-electron chi connectivity index (χ2n) is 4.41. The molecule has 0 aliphatic carbocycles. The fourth-order valence-electron chi connectivity index (χ4n) is 1.85. The highest BCUT2D eigenvalue weighted by Gasteiger charge is 2.15. The molecule has 0 saturated heterocycles. The van der Waals surface area contributed by atoms with Crippen LogP contribution in [-0.4, -0.2) is 18.0 Å². The van der Waals surface area contributed by atoms with Crippen molar-refractivity contribution in [3.63, 3.8) is 0 Å². The Morgan fingerprint density at radius 2 is 1.86 bits per heavy atom. The lowest BCUT2D eigenvalue weighted by molar-refractivity contribution is -0.384. The number of esters is 1. The quantitative estimate of drug-likeness (QED) is 0.374. The highest BCUT2D eigenvalue weighted by atomic mass is 19.1. The van der Waals surface area contributed by atoms with Gasteiger partial charge >= 0.3 is 5.97 Å².